The smallest absolute Gasteiger partial charge is 0.328 e. The van der Waals surface area contributed by atoms with Gasteiger partial charge in [-0.3, -0.25) is 9.69 Å². The fourth-order valence-electron chi connectivity index (χ4n) is 2.86. The Labute approximate surface area is 136 Å². The SMILES string of the molecule is CCOC(=O)C1CCCCN1C(=O)CN(C)Cc1cc(C)on1. The number of nitrogens with zero attached hydrogens (tertiary/aromatic N) is 3. The number of rotatable bonds is 6. The van der Waals surface area contributed by atoms with Crippen LogP contribution in [0.2, 0.25) is 0 Å². The summed E-state index contributed by atoms with van der Waals surface area (Å²) in [5.41, 5.74) is 0.790. The second kappa shape index (κ2) is 8.10. The third kappa shape index (κ3) is 4.79. The molecular weight excluding hydrogens is 298 g/mol. The summed E-state index contributed by atoms with van der Waals surface area (Å²) in [5, 5.41) is 3.93. The van der Waals surface area contributed by atoms with Gasteiger partial charge in [0.25, 0.3) is 0 Å². The molecule has 1 aromatic rings. The predicted molar refractivity (Wildman–Crippen MR) is 83.6 cm³/mol. The van der Waals surface area contributed by atoms with Gasteiger partial charge in [0, 0.05) is 19.2 Å². The summed E-state index contributed by atoms with van der Waals surface area (Å²) >= 11 is 0. The Morgan fingerprint density at radius 3 is 2.91 bits per heavy atom. The molecule has 1 aromatic heterocycles. The van der Waals surface area contributed by atoms with Crippen molar-refractivity contribution in [2.45, 2.75) is 45.7 Å². The highest BCUT2D eigenvalue weighted by molar-refractivity contribution is 5.85. The predicted octanol–water partition coefficient (Wildman–Crippen LogP) is 1.36. The van der Waals surface area contributed by atoms with Crippen molar-refractivity contribution in [1.82, 2.24) is 15.0 Å². The van der Waals surface area contributed by atoms with E-state index in [2.05, 4.69) is 5.16 Å². The molecule has 7 heteroatoms. The van der Waals surface area contributed by atoms with Gasteiger partial charge in [0.05, 0.1) is 18.8 Å². The molecule has 23 heavy (non-hydrogen) atoms. The lowest BCUT2D eigenvalue weighted by Gasteiger charge is -2.35. The lowest BCUT2D eigenvalue weighted by atomic mass is 10.0. The molecular formula is C16H25N3O4. The molecule has 0 saturated carbocycles. The van der Waals surface area contributed by atoms with Crippen LogP contribution in [-0.4, -0.2) is 59.6 Å². The number of ether oxygens (including phenoxy) is 1. The highest BCUT2D eigenvalue weighted by atomic mass is 16.5. The van der Waals surface area contributed by atoms with Crippen molar-refractivity contribution < 1.29 is 18.8 Å². The molecule has 0 radical (unpaired) electrons. The molecule has 1 aliphatic heterocycles. The van der Waals surface area contributed by atoms with Gasteiger partial charge in [-0.2, -0.15) is 0 Å². The van der Waals surface area contributed by atoms with Gasteiger partial charge in [-0.1, -0.05) is 5.16 Å². The number of carbonyl (C=O) groups is 2. The van der Waals surface area contributed by atoms with Crippen LogP contribution < -0.4 is 0 Å². The molecule has 7 nitrogen and oxygen atoms in total. The number of hydrogen-bond acceptors (Lipinski definition) is 6. The number of aryl methyl sites for hydroxylation is 1. The number of likely N-dealkylation sites (N-methyl/N-ethyl adjacent to an activating group) is 1. The Morgan fingerprint density at radius 2 is 2.26 bits per heavy atom. The number of amides is 1. The van der Waals surface area contributed by atoms with E-state index in [0.29, 0.717) is 26.1 Å². The minimum Gasteiger partial charge on any atom is -0.464 e. The van der Waals surface area contributed by atoms with E-state index in [1.165, 1.54) is 0 Å². The molecule has 0 aromatic carbocycles. The van der Waals surface area contributed by atoms with Gasteiger partial charge >= 0.3 is 5.97 Å². The number of esters is 1. The van der Waals surface area contributed by atoms with Crippen LogP contribution in [0.15, 0.2) is 10.6 Å². The lowest BCUT2D eigenvalue weighted by molar-refractivity contribution is -0.157. The summed E-state index contributed by atoms with van der Waals surface area (Å²) in [6.07, 6.45) is 2.55. The van der Waals surface area contributed by atoms with Crippen molar-refractivity contribution in [3.63, 3.8) is 0 Å². The summed E-state index contributed by atoms with van der Waals surface area (Å²) < 4.78 is 10.1. The van der Waals surface area contributed by atoms with Gasteiger partial charge in [-0.05, 0) is 40.2 Å². The van der Waals surface area contributed by atoms with Gasteiger partial charge in [0.15, 0.2) is 0 Å². The maximum absolute atomic E-state index is 12.6. The molecule has 1 aliphatic rings. The summed E-state index contributed by atoms with van der Waals surface area (Å²) in [7, 11) is 1.85. The zero-order valence-electron chi connectivity index (χ0n) is 14.1. The largest absolute Gasteiger partial charge is 0.464 e. The van der Waals surface area contributed by atoms with Crippen LogP contribution >= 0.6 is 0 Å². The Morgan fingerprint density at radius 1 is 1.48 bits per heavy atom. The van der Waals surface area contributed by atoms with E-state index < -0.39 is 6.04 Å². The van der Waals surface area contributed by atoms with Crippen LogP contribution in [0.4, 0.5) is 0 Å². The fraction of sp³-hybridized carbons (Fsp3) is 0.688. The van der Waals surface area contributed by atoms with Crippen molar-refractivity contribution in [3.05, 3.63) is 17.5 Å². The molecule has 2 heterocycles. The van der Waals surface area contributed by atoms with Gasteiger partial charge in [0.2, 0.25) is 5.91 Å². The van der Waals surface area contributed by atoms with Crippen LogP contribution in [0.3, 0.4) is 0 Å². The number of aromatic nitrogens is 1. The van der Waals surface area contributed by atoms with E-state index in [-0.39, 0.29) is 18.4 Å². The number of hydrogen-bond donors (Lipinski definition) is 0. The van der Waals surface area contributed by atoms with E-state index in [4.69, 9.17) is 9.26 Å². The van der Waals surface area contributed by atoms with Gasteiger partial charge in [0.1, 0.15) is 11.8 Å². The van der Waals surface area contributed by atoms with Crippen LogP contribution in [-0.2, 0) is 20.9 Å². The summed E-state index contributed by atoms with van der Waals surface area (Å²) in [6.45, 7) is 5.32. The van der Waals surface area contributed by atoms with Gasteiger partial charge in [-0.25, -0.2) is 4.79 Å². The molecule has 1 saturated heterocycles. The molecule has 1 amide bonds. The van der Waals surface area contributed by atoms with Crippen LogP contribution in [0.25, 0.3) is 0 Å². The number of carbonyl (C=O) groups excluding carboxylic acids is 2. The fourth-order valence-corrected chi connectivity index (χ4v) is 2.86. The van der Waals surface area contributed by atoms with Crippen LogP contribution in [0.5, 0.6) is 0 Å². The first-order valence-corrected chi connectivity index (χ1v) is 8.08. The average molecular weight is 323 g/mol. The summed E-state index contributed by atoms with van der Waals surface area (Å²) in [6, 6.07) is 1.41. The third-order valence-electron chi connectivity index (χ3n) is 3.90. The molecule has 0 bridgehead atoms. The van der Waals surface area contributed by atoms with Crippen LogP contribution in [0.1, 0.15) is 37.6 Å². The second-order valence-corrected chi connectivity index (χ2v) is 5.95. The minimum atomic E-state index is -0.445. The summed E-state index contributed by atoms with van der Waals surface area (Å²) in [4.78, 5) is 28.1. The van der Waals surface area contributed by atoms with E-state index in [9.17, 15) is 9.59 Å². The molecule has 0 spiro atoms. The Hall–Kier alpha value is -1.89. The highest BCUT2D eigenvalue weighted by Crippen LogP contribution is 2.19. The normalized spacial score (nSPS) is 18.3. The Kier molecular flexibility index (Phi) is 6.15. The Balaban J connectivity index is 1.92. The van der Waals surface area contributed by atoms with Crippen molar-refractivity contribution in [3.8, 4) is 0 Å². The molecule has 1 atom stereocenters. The minimum absolute atomic E-state index is 0.0505. The zero-order chi connectivity index (χ0) is 16.8. The van der Waals surface area contributed by atoms with Gasteiger partial charge < -0.3 is 14.2 Å². The van der Waals surface area contributed by atoms with E-state index in [0.717, 1.165) is 24.3 Å². The van der Waals surface area contributed by atoms with Gasteiger partial charge in [-0.15, -0.1) is 0 Å². The summed E-state index contributed by atoms with van der Waals surface area (Å²) in [5.74, 6) is 0.402. The quantitative estimate of drug-likeness (QED) is 0.736. The first-order valence-electron chi connectivity index (χ1n) is 8.08. The number of piperidine rings is 1. The van der Waals surface area contributed by atoms with E-state index in [1.54, 1.807) is 11.8 Å². The van der Waals surface area contributed by atoms with Crippen LogP contribution in [0, 0.1) is 6.92 Å². The monoisotopic (exact) mass is 323 g/mol. The number of likely N-dealkylation sites (tertiary alicyclic amines) is 1. The topological polar surface area (TPSA) is 75.9 Å². The third-order valence-corrected chi connectivity index (χ3v) is 3.90. The first-order chi connectivity index (χ1) is 11.0. The molecule has 128 valence electrons. The van der Waals surface area contributed by atoms with Crippen molar-refractivity contribution in [2.75, 3.05) is 26.7 Å². The second-order valence-electron chi connectivity index (χ2n) is 5.95. The maximum atomic E-state index is 12.6. The van der Waals surface area contributed by atoms with Crippen molar-refractivity contribution >= 4 is 11.9 Å². The molecule has 1 fully saturated rings. The van der Waals surface area contributed by atoms with E-state index >= 15 is 0 Å². The van der Waals surface area contributed by atoms with E-state index in [1.807, 2.05) is 24.9 Å². The molecule has 1 unspecified atom stereocenters. The van der Waals surface area contributed by atoms with Crippen molar-refractivity contribution in [2.24, 2.45) is 0 Å². The zero-order valence-corrected chi connectivity index (χ0v) is 14.1. The standard InChI is InChI=1S/C16H25N3O4/c1-4-22-16(21)14-7-5-6-8-19(14)15(20)11-18(3)10-13-9-12(2)23-17-13/h9,14H,4-8,10-11H2,1-3H3. The Bertz CT molecular complexity index is 543. The average Bonchev–Trinajstić information content (AvgIpc) is 2.92. The highest BCUT2D eigenvalue weighted by Gasteiger charge is 2.33. The molecule has 2 rings (SSSR count). The first kappa shape index (κ1) is 17.5. The molecule has 0 aliphatic carbocycles. The molecule has 0 N–H and O–H groups in total. The van der Waals surface area contributed by atoms with Crippen molar-refractivity contribution in [1.29, 1.82) is 0 Å². The lowest BCUT2D eigenvalue weighted by Crippen LogP contribution is -2.51. The maximum Gasteiger partial charge on any atom is 0.328 e.